The van der Waals surface area contributed by atoms with E-state index in [0.29, 0.717) is 35.4 Å². The molecule has 29 heavy (non-hydrogen) atoms. The number of methoxy groups -OCH3 is 1. The van der Waals surface area contributed by atoms with Crippen molar-refractivity contribution in [3.8, 4) is 22.6 Å². The van der Waals surface area contributed by atoms with Crippen LogP contribution in [-0.2, 0) is 4.79 Å². The summed E-state index contributed by atoms with van der Waals surface area (Å²) in [7, 11) is 1.56. The van der Waals surface area contributed by atoms with Gasteiger partial charge in [0.2, 0.25) is 11.3 Å². The molecule has 0 aliphatic rings. The fourth-order valence-electron chi connectivity index (χ4n) is 2.97. The molecule has 7 heteroatoms. The molecule has 0 saturated heterocycles. The number of nitrogens with zero attached hydrogens (tertiary/aromatic N) is 2. The van der Waals surface area contributed by atoms with E-state index >= 15 is 0 Å². The molecule has 0 atom stereocenters. The Morgan fingerprint density at radius 2 is 1.79 bits per heavy atom. The molecule has 1 aromatic heterocycles. The molecule has 6 nitrogen and oxygen atoms in total. The van der Waals surface area contributed by atoms with Crippen LogP contribution in [0.25, 0.3) is 16.8 Å². The van der Waals surface area contributed by atoms with Gasteiger partial charge in [-0.25, -0.2) is 9.07 Å². The molecule has 0 aliphatic carbocycles. The number of carbonyl (C=O) groups excluding carboxylic acids is 1. The van der Waals surface area contributed by atoms with Crippen molar-refractivity contribution in [3.63, 3.8) is 0 Å². The Labute approximate surface area is 168 Å². The van der Waals surface area contributed by atoms with Crippen LogP contribution in [0.4, 0.5) is 10.2 Å². The van der Waals surface area contributed by atoms with Crippen molar-refractivity contribution in [3.05, 3.63) is 70.3 Å². The van der Waals surface area contributed by atoms with Crippen molar-refractivity contribution >= 4 is 11.7 Å². The second-order valence-corrected chi connectivity index (χ2v) is 6.55. The average Bonchev–Trinajstić information content (AvgIpc) is 2.72. The van der Waals surface area contributed by atoms with Crippen molar-refractivity contribution in [2.24, 2.45) is 0 Å². The molecule has 0 bridgehead atoms. The summed E-state index contributed by atoms with van der Waals surface area (Å²) in [5.41, 5.74) is 1.42. The summed E-state index contributed by atoms with van der Waals surface area (Å²) >= 11 is 0. The number of hydrogen-bond donors (Lipinski definition) is 1. The van der Waals surface area contributed by atoms with E-state index < -0.39 is 5.82 Å². The molecule has 1 N–H and O–H groups in total. The van der Waals surface area contributed by atoms with E-state index in [1.807, 2.05) is 6.92 Å². The predicted molar refractivity (Wildman–Crippen MR) is 110 cm³/mol. The zero-order chi connectivity index (χ0) is 21.0. The number of halogens is 1. The van der Waals surface area contributed by atoms with Crippen LogP contribution in [-0.4, -0.2) is 22.8 Å². The SMILES string of the molecule is CCCC(=O)Nc1c(-c2ccc(OC)cc2)c(=O)c(C)nn1-c1ccc(F)cc1. The van der Waals surface area contributed by atoms with Gasteiger partial charge in [-0.3, -0.25) is 9.59 Å². The number of amides is 1. The first kappa shape index (κ1) is 20.3. The van der Waals surface area contributed by atoms with Gasteiger partial charge in [0.25, 0.3) is 0 Å². The number of rotatable bonds is 6. The summed E-state index contributed by atoms with van der Waals surface area (Å²) in [6, 6.07) is 12.7. The number of aryl methyl sites for hydroxylation is 1. The maximum absolute atomic E-state index is 13.4. The molecule has 1 amide bonds. The van der Waals surface area contributed by atoms with Crippen LogP contribution >= 0.6 is 0 Å². The van der Waals surface area contributed by atoms with Gasteiger partial charge in [-0.05, 0) is 55.3 Å². The average molecular weight is 395 g/mol. The second kappa shape index (κ2) is 8.68. The van der Waals surface area contributed by atoms with E-state index in [1.165, 1.54) is 16.8 Å². The van der Waals surface area contributed by atoms with Crippen LogP contribution in [0.2, 0.25) is 0 Å². The van der Waals surface area contributed by atoms with Crippen LogP contribution in [0.15, 0.2) is 53.3 Å². The molecule has 0 radical (unpaired) electrons. The molecular weight excluding hydrogens is 373 g/mol. The molecule has 0 spiro atoms. The summed E-state index contributed by atoms with van der Waals surface area (Å²) in [5.74, 6) is 0.271. The Morgan fingerprint density at radius 3 is 2.38 bits per heavy atom. The Kier molecular flexibility index (Phi) is 6.07. The van der Waals surface area contributed by atoms with Gasteiger partial charge in [0, 0.05) is 6.42 Å². The van der Waals surface area contributed by atoms with Crippen molar-refractivity contribution < 1.29 is 13.9 Å². The highest BCUT2D eigenvalue weighted by Crippen LogP contribution is 2.28. The fraction of sp³-hybridized carbons (Fsp3) is 0.227. The van der Waals surface area contributed by atoms with E-state index in [2.05, 4.69) is 10.4 Å². The topological polar surface area (TPSA) is 73.2 Å². The van der Waals surface area contributed by atoms with Gasteiger partial charge in [0.1, 0.15) is 23.1 Å². The fourth-order valence-corrected chi connectivity index (χ4v) is 2.97. The highest BCUT2D eigenvalue weighted by Gasteiger charge is 2.20. The van der Waals surface area contributed by atoms with Crippen LogP contribution in [0.5, 0.6) is 5.75 Å². The van der Waals surface area contributed by atoms with Gasteiger partial charge < -0.3 is 10.1 Å². The third-order valence-electron chi connectivity index (χ3n) is 4.44. The second-order valence-electron chi connectivity index (χ2n) is 6.55. The minimum Gasteiger partial charge on any atom is -0.497 e. The molecule has 1 heterocycles. The number of ether oxygens (including phenoxy) is 1. The van der Waals surface area contributed by atoms with E-state index in [4.69, 9.17) is 4.74 Å². The minimum absolute atomic E-state index is 0.233. The lowest BCUT2D eigenvalue weighted by Gasteiger charge is -2.18. The zero-order valence-corrected chi connectivity index (χ0v) is 16.5. The van der Waals surface area contributed by atoms with E-state index in [9.17, 15) is 14.0 Å². The first-order chi connectivity index (χ1) is 13.9. The third-order valence-corrected chi connectivity index (χ3v) is 4.44. The van der Waals surface area contributed by atoms with Crippen LogP contribution < -0.4 is 15.5 Å². The molecular formula is C22H22FN3O3. The van der Waals surface area contributed by atoms with Gasteiger partial charge in [-0.2, -0.15) is 5.10 Å². The van der Waals surface area contributed by atoms with Crippen LogP contribution in [0.1, 0.15) is 25.5 Å². The van der Waals surface area contributed by atoms with E-state index in [1.54, 1.807) is 50.4 Å². The minimum atomic E-state index is -0.390. The van der Waals surface area contributed by atoms with Gasteiger partial charge in [-0.1, -0.05) is 19.1 Å². The lowest BCUT2D eigenvalue weighted by molar-refractivity contribution is -0.116. The molecule has 3 aromatic rings. The molecule has 150 valence electrons. The summed E-state index contributed by atoms with van der Waals surface area (Å²) in [5, 5.41) is 7.17. The molecule has 3 rings (SSSR count). The molecule has 2 aromatic carbocycles. The highest BCUT2D eigenvalue weighted by atomic mass is 19.1. The van der Waals surface area contributed by atoms with Gasteiger partial charge in [-0.15, -0.1) is 0 Å². The summed E-state index contributed by atoms with van der Waals surface area (Å²) in [4.78, 5) is 25.4. The van der Waals surface area contributed by atoms with Crippen molar-refractivity contribution in [2.45, 2.75) is 26.7 Å². The number of aromatic nitrogens is 2. The number of nitrogens with one attached hydrogen (secondary N) is 1. The summed E-state index contributed by atoms with van der Waals surface area (Å²) in [6.07, 6.45) is 0.956. The number of carbonyl (C=O) groups is 1. The monoisotopic (exact) mass is 395 g/mol. The zero-order valence-electron chi connectivity index (χ0n) is 16.5. The van der Waals surface area contributed by atoms with Crippen LogP contribution in [0.3, 0.4) is 0 Å². The molecule has 0 aliphatic heterocycles. The quantitative estimate of drug-likeness (QED) is 0.682. The van der Waals surface area contributed by atoms with Gasteiger partial charge >= 0.3 is 0 Å². The Balaban J connectivity index is 2.27. The Hall–Kier alpha value is -3.48. The largest absolute Gasteiger partial charge is 0.497 e. The molecule has 0 saturated carbocycles. The maximum Gasteiger partial charge on any atom is 0.225 e. The standard InChI is InChI=1S/C22H22FN3O3/c1-4-5-19(27)24-22-20(15-6-12-18(29-3)13-7-15)21(28)14(2)25-26(22)17-10-8-16(23)9-11-17/h6-13H,4-5H2,1-3H3,(H,24,27). The van der Waals surface area contributed by atoms with Crippen molar-refractivity contribution in [1.82, 2.24) is 9.78 Å². The Bertz CT molecular complexity index is 1070. The summed E-state index contributed by atoms with van der Waals surface area (Å²) < 4.78 is 20.1. The molecule has 0 unspecified atom stereocenters. The highest BCUT2D eigenvalue weighted by molar-refractivity contribution is 5.94. The smallest absolute Gasteiger partial charge is 0.225 e. The first-order valence-electron chi connectivity index (χ1n) is 9.28. The predicted octanol–water partition coefficient (Wildman–Crippen LogP) is 4.09. The molecule has 0 fully saturated rings. The summed E-state index contributed by atoms with van der Waals surface area (Å²) in [6.45, 7) is 3.50. The Morgan fingerprint density at radius 1 is 1.14 bits per heavy atom. The van der Waals surface area contributed by atoms with Crippen molar-refractivity contribution in [2.75, 3.05) is 12.4 Å². The van der Waals surface area contributed by atoms with Crippen LogP contribution in [0, 0.1) is 12.7 Å². The number of hydrogen-bond acceptors (Lipinski definition) is 4. The van der Waals surface area contributed by atoms with E-state index in [0.717, 1.165) is 0 Å². The third kappa shape index (κ3) is 4.34. The lowest BCUT2D eigenvalue weighted by Crippen LogP contribution is -2.24. The lowest BCUT2D eigenvalue weighted by atomic mass is 10.0. The van der Waals surface area contributed by atoms with Gasteiger partial charge in [0.15, 0.2) is 0 Å². The number of anilines is 1. The van der Waals surface area contributed by atoms with Gasteiger partial charge in [0.05, 0.1) is 18.4 Å². The normalized spacial score (nSPS) is 10.6. The van der Waals surface area contributed by atoms with E-state index in [-0.39, 0.29) is 22.8 Å². The maximum atomic E-state index is 13.4. The number of benzene rings is 2. The first-order valence-corrected chi connectivity index (χ1v) is 9.28. The van der Waals surface area contributed by atoms with Crippen molar-refractivity contribution in [1.29, 1.82) is 0 Å².